The first-order valence-electron chi connectivity index (χ1n) is 8.08. The van der Waals surface area contributed by atoms with E-state index in [1.807, 2.05) is 27.7 Å². The van der Waals surface area contributed by atoms with Crippen molar-refractivity contribution in [1.82, 2.24) is 9.80 Å². The van der Waals surface area contributed by atoms with Crippen LogP contribution in [0.5, 0.6) is 0 Å². The molecule has 0 aromatic carbocycles. The van der Waals surface area contributed by atoms with Gasteiger partial charge in [-0.15, -0.1) is 0 Å². The van der Waals surface area contributed by atoms with Crippen molar-refractivity contribution in [3.8, 4) is 0 Å². The minimum atomic E-state index is -0.821. The van der Waals surface area contributed by atoms with E-state index in [9.17, 15) is 14.7 Å². The largest absolute Gasteiger partial charge is 0.481 e. The molecule has 1 N–H and O–H groups in total. The number of carboxylic acid groups (broad SMARTS) is 1. The molecule has 128 valence electrons. The van der Waals surface area contributed by atoms with Crippen LogP contribution in [0.3, 0.4) is 0 Å². The SMILES string of the molecule is CCCCN(CC)C1(CC(=O)O)CN(C(=O)OC(C)(C)C)C1. The second kappa shape index (κ2) is 7.31. The summed E-state index contributed by atoms with van der Waals surface area (Å²) in [6.07, 6.45) is 1.79. The molecule has 6 nitrogen and oxygen atoms in total. The second-order valence-corrected chi connectivity index (χ2v) is 7.06. The Morgan fingerprint density at radius 3 is 2.27 bits per heavy atom. The number of likely N-dealkylation sites (tertiary alicyclic amines) is 1. The van der Waals surface area contributed by atoms with Crippen molar-refractivity contribution >= 4 is 12.1 Å². The number of amides is 1. The van der Waals surface area contributed by atoms with Crippen LogP contribution in [-0.4, -0.2) is 64.3 Å². The number of nitrogens with zero attached hydrogens (tertiary/aromatic N) is 2. The molecule has 22 heavy (non-hydrogen) atoms. The lowest BCUT2D eigenvalue weighted by molar-refractivity contribution is -0.145. The number of hydrogen-bond donors (Lipinski definition) is 1. The van der Waals surface area contributed by atoms with E-state index in [0.29, 0.717) is 13.1 Å². The minimum Gasteiger partial charge on any atom is -0.481 e. The number of hydrogen-bond acceptors (Lipinski definition) is 4. The van der Waals surface area contributed by atoms with Gasteiger partial charge in [-0.1, -0.05) is 20.3 Å². The van der Waals surface area contributed by atoms with Gasteiger partial charge in [0.25, 0.3) is 0 Å². The van der Waals surface area contributed by atoms with Crippen molar-refractivity contribution in [2.45, 2.75) is 65.0 Å². The molecule has 0 saturated carbocycles. The van der Waals surface area contributed by atoms with Crippen LogP contribution in [-0.2, 0) is 9.53 Å². The molecule has 0 spiro atoms. The van der Waals surface area contributed by atoms with E-state index in [4.69, 9.17) is 4.74 Å². The average molecular weight is 314 g/mol. The van der Waals surface area contributed by atoms with Gasteiger partial charge in [0, 0.05) is 13.1 Å². The Labute approximate surface area is 133 Å². The van der Waals surface area contributed by atoms with Crippen LogP contribution in [0, 0.1) is 0 Å². The van der Waals surface area contributed by atoms with Crippen molar-refractivity contribution in [3.63, 3.8) is 0 Å². The molecule has 0 atom stereocenters. The van der Waals surface area contributed by atoms with E-state index in [-0.39, 0.29) is 12.5 Å². The summed E-state index contributed by atoms with van der Waals surface area (Å²) in [4.78, 5) is 27.1. The molecule has 0 radical (unpaired) electrons. The van der Waals surface area contributed by atoms with Gasteiger partial charge in [-0.25, -0.2) is 4.79 Å². The van der Waals surface area contributed by atoms with Crippen LogP contribution < -0.4 is 0 Å². The zero-order valence-corrected chi connectivity index (χ0v) is 14.5. The highest BCUT2D eigenvalue weighted by Gasteiger charge is 2.51. The topological polar surface area (TPSA) is 70.1 Å². The number of aliphatic carboxylic acids is 1. The van der Waals surface area contributed by atoms with E-state index < -0.39 is 17.1 Å². The lowest BCUT2D eigenvalue weighted by Gasteiger charge is -2.55. The Bertz CT molecular complexity index is 397. The maximum atomic E-state index is 12.1. The second-order valence-electron chi connectivity index (χ2n) is 7.06. The maximum absolute atomic E-state index is 12.1. The quantitative estimate of drug-likeness (QED) is 0.782. The lowest BCUT2D eigenvalue weighted by Crippen LogP contribution is -2.72. The Morgan fingerprint density at radius 1 is 1.27 bits per heavy atom. The van der Waals surface area contributed by atoms with Crippen LogP contribution >= 0.6 is 0 Å². The molecule has 1 aliphatic heterocycles. The molecule has 1 aliphatic rings. The number of carbonyl (C=O) groups is 2. The van der Waals surface area contributed by atoms with Gasteiger partial charge in [-0.05, 0) is 40.3 Å². The highest BCUT2D eigenvalue weighted by Crippen LogP contribution is 2.33. The van der Waals surface area contributed by atoms with Gasteiger partial charge in [-0.3, -0.25) is 9.69 Å². The van der Waals surface area contributed by atoms with Crippen molar-refractivity contribution in [2.75, 3.05) is 26.2 Å². The fraction of sp³-hybridized carbons (Fsp3) is 0.875. The number of rotatable bonds is 7. The van der Waals surface area contributed by atoms with Gasteiger partial charge in [0.05, 0.1) is 12.0 Å². The summed E-state index contributed by atoms with van der Waals surface area (Å²) in [7, 11) is 0. The Balaban J connectivity index is 2.73. The van der Waals surface area contributed by atoms with E-state index in [0.717, 1.165) is 25.9 Å². The number of ether oxygens (including phenoxy) is 1. The van der Waals surface area contributed by atoms with Crippen LogP contribution in [0.15, 0.2) is 0 Å². The average Bonchev–Trinajstić information content (AvgIpc) is 2.32. The number of unbranched alkanes of at least 4 members (excludes halogenated alkanes) is 1. The maximum Gasteiger partial charge on any atom is 0.410 e. The highest BCUT2D eigenvalue weighted by molar-refractivity contribution is 5.73. The first-order chi connectivity index (χ1) is 10.1. The number of carboxylic acids is 1. The van der Waals surface area contributed by atoms with Gasteiger partial charge in [0.2, 0.25) is 0 Å². The predicted octanol–water partition coefficient (Wildman–Crippen LogP) is 2.57. The number of likely N-dealkylation sites (N-methyl/N-ethyl adjacent to an activating group) is 1. The van der Waals surface area contributed by atoms with E-state index in [1.54, 1.807) is 4.90 Å². The molecule has 1 rings (SSSR count). The summed E-state index contributed by atoms with van der Waals surface area (Å²) in [5, 5.41) is 9.23. The summed E-state index contributed by atoms with van der Waals surface area (Å²) >= 11 is 0. The lowest BCUT2D eigenvalue weighted by atomic mass is 9.84. The monoisotopic (exact) mass is 314 g/mol. The minimum absolute atomic E-state index is 0.0594. The molecule has 0 aliphatic carbocycles. The summed E-state index contributed by atoms with van der Waals surface area (Å²) < 4.78 is 5.36. The third-order valence-electron chi connectivity index (χ3n) is 3.94. The van der Waals surface area contributed by atoms with Crippen LogP contribution in [0.25, 0.3) is 0 Å². The molecule has 1 saturated heterocycles. The predicted molar refractivity (Wildman–Crippen MR) is 84.9 cm³/mol. The van der Waals surface area contributed by atoms with Crippen molar-refractivity contribution in [1.29, 1.82) is 0 Å². The van der Waals surface area contributed by atoms with Gasteiger partial charge in [0.15, 0.2) is 0 Å². The van der Waals surface area contributed by atoms with Gasteiger partial charge in [0.1, 0.15) is 5.60 Å². The van der Waals surface area contributed by atoms with Crippen LogP contribution in [0.1, 0.15) is 53.9 Å². The molecule has 1 fully saturated rings. The van der Waals surface area contributed by atoms with Crippen molar-refractivity contribution in [2.24, 2.45) is 0 Å². The molecule has 0 aromatic rings. The molecule has 0 bridgehead atoms. The van der Waals surface area contributed by atoms with Gasteiger partial charge >= 0.3 is 12.1 Å². The van der Waals surface area contributed by atoms with Crippen LogP contribution in [0.4, 0.5) is 4.79 Å². The zero-order valence-electron chi connectivity index (χ0n) is 14.5. The van der Waals surface area contributed by atoms with Crippen molar-refractivity contribution < 1.29 is 19.4 Å². The summed E-state index contributed by atoms with van der Waals surface area (Å²) in [5.41, 5.74) is -0.985. The first kappa shape index (κ1) is 18.7. The van der Waals surface area contributed by atoms with Crippen LogP contribution in [0.2, 0.25) is 0 Å². The highest BCUT2D eigenvalue weighted by atomic mass is 16.6. The summed E-state index contributed by atoms with van der Waals surface area (Å²) in [6, 6.07) is 0. The Hall–Kier alpha value is -1.30. The molecule has 1 heterocycles. The van der Waals surface area contributed by atoms with Crippen molar-refractivity contribution in [3.05, 3.63) is 0 Å². The first-order valence-corrected chi connectivity index (χ1v) is 8.08. The van der Waals surface area contributed by atoms with Gasteiger partial charge in [-0.2, -0.15) is 0 Å². The van der Waals surface area contributed by atoms with E-state index >= 15 is 0 Å². The smallest absolute Gasteiger partial charge is 0.410 e. The number of carbonyl (C=O) groups excluding carboxylic acids is 1. The molecular weight excluding hydrogens is 284 g/mol. The molecule has 6 heteroatoms. The Kier molecular flexibility index (Phi) is 6.23. The molecule has 0 unspecified atom stereocenters. The van der Waals surface area contributed by atoms with E-state index in [2.05, 4.69) is 11.8 Å². The third kappa shape index (κ3) is 4.87. The zero-order chi connectivity index (χ0) is 17.0. The summed E-state index contributed by atoms with van der Waals surface area (Å²) in [6.45, 7) is 12.1. The standard InChI is InChI=1S/C16H30N2O4/c1-6-8-9-18(7-2)16(10-13(19)20)11-17(12-16)14(21)22-15(3,4)5/h6-12H2,1-5H3,(H,19,20). The Morgan fingerprint density at radius 2 is 1.86 bits per heavy atom. The molecule has 1 amide bonds. The molecular formula is C16H30N2O4. The normalized spacial score (nSPS) is 17.3. The third-order valence-corrected chi connectivity index (χ3v) is 3.94. The fourth-order valence-corrected chi connectivity index (χ4v) is 2.90. The molecule has 0 aromatic heterocycles. The van der Waals surface area contributed by atoms with Gasteiger partial charge < -0.3 is 14.7 Å². The van der Waals surface area contributed by atoms with E-state index in [1.165, 1.54) is 0 Å². The fourth-order valence-electron chi connectivity index (χ4n) is 2.90. The summed E-state index contributed by atoms with van der Waals surface area (Å²) in [5.74, 6) is -0.821.